The van der Waals surface area contributed by atoms with Crippen molar-refractivity contribution in [3.05, 3.63) is 65.5 Å². The second-order valence-electron chi connectivity index (χ2n) is 9.92. The van der Waals surface area contributed by atoms with Crippen molar-refractivity contribution in [1.82, 2.24) is 4.98 Å². The second kappa shape index (κ2) is 9.74. The first kappa shape index (κ1) is 25.7. The zero-order chi connectivity index (χ0) is 26.0. The largest absolute Gasteiger partial charge is 0.497 e. The molecule has 1 aromatic carbocycles. The second-order valence-corrected chi connectivity index (χ2v) is 9.92. The average Bonchev–Trinajstić information content (AvgIpc) is 3.02. The summed E-state index contributed by atoms with van der Waals surface area (Å²) in [5.41, 5.74) is 0.676. The van der Waals surface area contributed by atoms with Crippen LogP contribution in [0.25, 0.3) is 11.8 Å². The van der Waals surface area contributed by atoms with Crippen LogP contribution in [0.2, 0.25) is 0 Å². The molecule has 0 bridgehead atoms. The van der Waals surface area contributed by atoms with E-state index in [1.165, 1.54) is 35.5 Å². The third kappa shape index (κ3) is 6.35. The van der Waals surface area contributed by atoms with Crippen molar-refractivity contribution in [1.29, 1.82) is 0 Å². The molecule has 0 radical (unpaired) electrons. The van der Waals surface area contributed by atoms with Crippen LogP contribution in [0.15, 0.2) is 48.8 Å². The van der Waals surface area contributed by atoms with Gasteiger partial charge in [0.2, 0.25) is 0 Å². The number of hydrogen-bond acceptors (Lipinski definition) is 7. The van der Waals surface area contributed by atoms with Crippen molar-refractivity contribution in [2.24, 2.45) is 0 Å². The molecule has 0 atom stereocenters. The Labute approximate surface area is 205 Å². The molecule has 0 N–H and O–H groups in total. The molecule has 0 saturated carbocycles. The average molecular weight is 479 g/mol. The van der Waals surface area contributed by atoms with Crippen molar-refractivity contribution < 1.29 is 28.6 Å². The fourth-order valence-corrected chi connectivity index (χ4v) is 3.44. The van der Waals surface area contributed by atoms with E-state index in [0.29, 0.717) is 33.8 Å². The lowest BCUT2D eigenvalue weighted by Gasteiger charge is -2.21. The number of benzene rings is 1. The molecule has 3 rings (SSSR count). The zero-order valence-corrected chi connectivity index (χ0v) is 21.0. The smallest absolute Gasteiger partial charge is 0.333 e. The molecule has 0 unspecified atom stereocenters. The number of amides is 1. The Bertz CT molecular complexity index is 1200. The van der Waals surface area contributed by atoms with Gasteiger partial charge in [0.15, 0.2) is 0 Å². The van der Waals surface area contributed by atoms with E-state index in [1.807, 2.05) is 0 Å². The number of carbonyl (C=O) groups is 3. The number of hydrogen-bond donors (Lipinski definition) is 0. The molecule has 0 saturated heterocycles. The maximum absolute atomic E-state index is 13.6. The molecule has 8 nitrogen and oxygen atoms in total. The topological polar surface area (TPSA) is 95.0 Å². The normalized spacial score (nSPS) is 14.9. The Morgan fingerprint density at radius 2 is 1.51 bits per heavy atom. The zero-order valence-electron chi connectivity index (χ0n) is 21.0. The molecule has 1 aliphatic rings. The fraction of sp³-hybridized carbons (Fsp3) is 0.333. The molecular formula is C27H30N2O6. The fourth-order valence-electron chi connectivity index (χ4n) is 3.44. The summed E-state index contributed by atoms with van der Waals surface area (Å²) in [5.74, 6) is -0.886. The van der Waals surface area contributed by atoms with Gasteiger partial charge in [-0.2, -0.15) is 0 Å². The Hall–Kier alpha value is -3.94. The number of nitrogens with zero attached hydrogens (tertiary/aromatic N) is 2. The predicted octanol–water partition coefficient (Wildman–Crippen LogP) is 4.79. The van der Waals surface area contributed by atoms with E-state index < -0.39 is 23.1 Å². The number of ether oxygens (including phenoxy) is 3. The molecular weight excluding hydrogens is 448 g/mol. The standard InChI is InChI=1S/C27H30N2O6/c1-26(2,3)34-22(30)13-8-17-15-28-16-20-21(14-23(31)35-27(4,5)6)29(25(32)24(17)20)18-9-11-19(33-7)12-10-18/h8-16H,1-7H3/b13-8+,21-14+. The molecule has 184 valence electrons. The Morgan fingerprint density at radius 3 is 2.09 bits per heavy atom. The molecule has 2 aromatic rings. The molecule has 0 spiro atoms. The van der Waals surface area contributed by atoms with Crippen molar-refractivity contribution in [3.8, 4) is 5.75 Å². The predicted molar refractivity (Wildman–Crippen MR) is 133 cm³/mol. The van der Waals surface area contributed by atoms with Crippen LogP contribution in [0.4, 0.5) is 5.69 Å². The maximum atomic E-state index is 13.6. The van der Waals surface area contributed by atoms with Gasteiger partial charge in [-0.05, 0) is 71.9 Å². The highest BCUT2D eigenvalue weighted by molar-refractivity contribution is 6.25. The lowest BCUT2D eigenvalue weighted by Crippen LogP contribution is -2.25. The third-order valence-corrected chi connectivity index (χ3v) is 4.71. The summed E-state index contributed by atoms with van der Waals surface area (Å²) in [5, 5.41) is 0. The summed E-state index contributed by atoms with van der Waals surface area (Å²) in [4.78, 5) is 44.2. The number of esters is 2. The number of pyridine rings is 1. The quantitative estimate of drug-likeness (QED) is 0.450. The highest BCUT2D eigenvalue weighted by Crippen LogP contribution is 2.39. The molecule has 8 heteroatoms. The minimum Gasteiger partial charge on any atom is -0.497 e. The molecule has 0 fully saturated rings. The number of fused-ring (bicyclic) bond motifs is 1. The van der Waals surface area contributed by atoms with Gasteiger partial charge in [-0.25, -0.2) is 9.59 Å². The SMILES string of the molecule is COc1ccc(N2C(=O)c3c(/C=C/C(=O)OC(C)(C)C)cncc3/C2=C\C(=O)OC(C)(C)C)cc1. The summed E-state index contributed by atoms with van der Waals surface area (Å²) in [6.07, 6.45) is 7.02. The number of aromatic nitrogens is 1. The van der Waals surface area contributed by atoms with Gasteiger partial charge in [-0.15, -0.1) is 0 Å². The van der Waals surface area contributed by atoms with Crippen molar-refractivity contribution in [2.45, 2.75) is 52.7 Å². The van der Waals surface area contributed by atoms with Gasteiger partial charge in [0.05, 0.1) is 18.4 Å². The van der Waals surface area contributed by atoms with Crippen LogP contribution >= 0.6 is 0 Å². The molecule has 2 heterocycles. The van der Waals surface area contributed by atoms with Crippen molar-refractivity contribution in [2.75, 3.05) is 12.0 Å². The van der Waals surface area contributed by atoms with Crippen molar-refractivity contribution in [3.63, 3.8) is 0 Å². The number of methoxy groups -OCH3 is 1. The van der Waals surface area contributed by atoms with E-state index in [1.54, 1.807) is 72.9 Å². The lowest BCUT2D eigenvalue weighted by molar-refractivity contribution is -0.149. The highest BCUT2D eigenvalue weighted by Gasteiger charge is 2.36. The van der Waals surface area contributed by atoms with Crippen LogP contribution in [0, 0.1) is 0 Å². The van der Waals surface area contributed by atoms with Crippen LogP contribution < -0.4 is 9.64 Å². The van der Waals surface area contributed by atoms with E-state index in [-0.39, 0.29) is 5.91 Å². The molecule has 0 aliphatic carbocycles. The summed E-state index contributed by atoms with van der Waals surface area (Å²) in [6, 6.07) is 6.88. The van der Waals surface area contributed by atoms with Gasteiger partial charge in [0.25, 0.3) is 5.91 Å². The Balaban J connectivity index is 2.09. The maximum Gasteiger partial charge on any atom is 0.333 e. The van der Waals surface area contributed by atoms with Crippen LogP contribution in [0.5, 0.6) is 5.75 Å². The monoisotopic (exact) mass is 478 g/mol. The van der Waals surface area contributed by atoms with Crippen molar-refractivity contribution >= 4 is 35.3 Å². The van der Waals surface area contributed by atoms with Gasteiger partial charge in [-0.3, -0.25) is 14.7 Å². The van der Waals surface area contributed by atoms with Crippen LogP contribution in [-0.4, -0.2) is 41.1 Å². The number of rotatable bonds is 5. The lowest BCUT2D eigenvalue weighted by atomic mass is 10.0. The molecule has 1 aliphatic heterocycles. The van der Waals surface area contributed by atoms with Crippen LogP contribution in [0.3, 0.4) is 0 Å². The molecule has 35 heavy (non-hydrogen) atoms. The Kier molecular flexibility index (Phi) is 7.14. The summed E-state index contributed by atoms with van der Waals surface area (Å²) in [6.45, 7) is 10.6. The number of anilines is 1. The summed E-state index contributed by atoms with van der Waals surface area (Å²) >= 11 is 0. The minimum atomic E-state index is -0.708. The first-order valence-electron chi connectivity index (χ1n) is 11.1. The number of carbonyl (C=O) groups excluding carboxylic acids is 3. The minimum absolute atomic E-state index is 0.311. The van der Waals surface area contributed by atoms with E-state index >= 15 is 0 Å². The van der Waals surface area contributed by atoms with Gasteiger partial charge >= 0.3 is 11.9 Å². The van der Waals surface area contributed by atoms with E-state index in [9.17, 15) is 14.4 Å². The van der Waals surface area contributed by atoms with Gasteiger partial charge < -0.3 is 14.2 Å². The Morgan fingerprint density at radius 1 is 0.914 bits per heavy atom. The molecule has 1 amide bonds. The van der Waals surface area contributed by atoms with E-state index in [4.69, 9.17) is 14.2 Å². The van der Waals surface area contributed by atoms with E-state index in [2.05, 4.69) is 4.98 Å². The van der Waals surface area contributed by atoms with Gasteiger partial charge in [0.1, 0.15) is 17.0 Å². The highest BCUT2D eigenvalue weighted by atomic mass is 16.6. The van der Waals surface area contributed by atoms with Crippen LogP contribution in [-0.2, 0) is 19.1 Å². The van der Waals surface area contributed by atoms with Crippen LogP contribution in [0.1, 0.15) is 63.0 Å². The first-order valence-corrected chi connectivity index (χ1v) is 11.1. The van der Waals surface area contributed by atoms with E-state index in [0.717, 1.165) is 0 Å². The van der Waals surface area contributed by atoms with Gasteiger partial charge in [0, 0.05) is 41.4 Å². The first-order chi connectivity index (χ1) is 16.3. The summed E-state index contributed by atoms with van der Waals surface area (Å²) in [7, 11) is 1.55. The van der Waals surface area contributed by atoms with Gasteiger partial charge in [-0.1, -0.05) is 0 Å². The molecule has 1 aromatic heterocycles. The summed E-state index contributed by atoms with van der Waals surface area (Å²) < 4.78 is 16.0. The third-order valence-electron chi connectivity index (χ3n) is 4.71.